The molecule has 0 saturated heterocycles. The zero-order chi connectivity index (χ0) is 14.7. The number of hydrogen-bond acceptors (Lipinski definition) is 3. The topological polar surface area (TPSA) is 66.1 Å². The summed E-state index contributed by atoms with van der Waals surface area (Å²) in [4.78, 5) is 32.8. The van der Waals surface area contributed by atoms with E-state index in [2.05, 4.69) is 9.97 Å². The number of anilines is 1. The first-order chi connectivity index (χ1) is 10.3. The van der Waals surface area contributed by atoms with E-state index in [4.69, 9.17) is 0 Å². The summed E-state index contributed by atoms with van der Waals surface area (Å²) in [7, 11) is 0. The third kappa shape index (κ3) is 3.17. The zero-order valence-electron chi connectivity index (χ0n) is 12.4. The highest BCUT2D eigenvalue weighted by Gasteiger charge is 2.26. The van der Waals surface area contributed by atoms with Gasteiger partial charge < -0.3 is 4.98 Å². The first-order valence-corrected chi connectivity index (χ1v) is 8.12. The fourth-order valence-corrected chi connectivity index (χ4v) is 3.58. The maximum absolute atomic E-state index is 12.5. The third-order valence-corrected chi connectivity index (χ3v) is 4.78. The number of nitrogens with one attached hydrogen (secondary N) is 1. The Balaban J connectivity index is 1.66. The maximum atomic E-state index is 12.5. The van der Waals surface area contributed by atoms with Crippen molar-refractivity contribution in [3.05, 3.63) is 22.2 Å². The normalized spacial score (nSPS) is 19.3. The van der Waals surface area contributed by atoms with Gasteiger partial charge in [0.15, 0.2) is 0 Å². The number of amides is 1. The van der Waals surface area contributed by atoms with E-state index in [1.54, 1.807) is 4.90 Å². The smallest absolute Gasteiger partial charge is 0.256 e. The first-order valence-electron chi connectivity index (χ1n) is 8.12. The Morgan fingerprint density at radius 2 is 2.10 bits per heavy atom. The van der Waals surface area contributed by atoms with E-state index in [0.29, 0.717) is 36.7 Å². The number of carbonyl (C=O) groups is 1. The van der Waals surface area contributed by atoms with Crippen molar-refractivity contribution in [2.24, 2.45) is 5.92 Å². The van der Waals surface area contributed by atoms with Gasteiger partial charge in [-0.1, -0.05) is 32.1 Å². The fraction of sp³-hybridized carbons (Fsp3) is 0.688. The van der Waals surface area contributed by atoms with Crippen molar-refractivity contribution in [3.8, 4) is 0 Å². The number of hydrogen-bond donors (Lipinski definition) is 1. The van der Waals surface area contributed by atoms with Gasteiger partial charge in [-0.3, -0.25) is 14.5 Å². The number of fused-ring (bicyclic) bond motifs is 1. The number of H-pyrrole nitrogens is 1. The first kappa shape index (κ1) is 14.3. The predicted molar refractivity (Wildman–Crippen MR) is 81.3 cm³/mol. The maximum Gasteiger partial charge on any atom is 0.256 e. The molecule has 1 fully saturated rings. The van der Waals surface area contributed by atoms with Crippen LogP contribution in [0, 0.1) is 5.92 Å². The molecule has 2 heterocycles. The van der Waals surface area contributed by atoms with Crippen LogP contribution in [0.15, 0.2) is 11.1 Å². The minimum atomic E-state index is -0.107. The summed E-state index contributed by atoms with van der Waals surface area (Å²) in [5.74, 6) is 1.41. The fourth-order valence-electron chi connectivity index (χ4n) is 3.58. The van der Waals surface area contributed by atoms with Gasteiger partial charge in [-0.25, -0.2) is 4.98 Å². The predicted octanol–water partition coefficient (Wildman–Crippen LogP) is 2.41. The van der Waals surface area contributed by atoms with E-state index in [9.17, 15) is 9.59 Å². The zero-order valence-corrected chi connectivity index (χ0v) is 12.4. The molecule has 1 aliphatic heterocycles. The summed E-state index contributed by atoms with van der Waals surface area (Å²) >= 11 is 0. The highest BCUT2D eigenvalue weighted by atomic mass is 16.2. The average molecular weight is 289 g/mol. The van der Waals surface area contributed by atoms with E-state index in [-0.39, 0.29) is 11.5 Å². The molecule has 1 saturated carbocycles. The van der Waals surface area contributed by atoms with E-state index in [1.165, 1.54) is 38.4 Å². The van der Waals surface area contributed by atoms with Crippen LogP contribution in [-0.4, -0.2) is 22.4 Å². The molecule has 0 bridgehead atoms. The van der Waals surface area contributed by atoms with Gasteiger partial charge in [0.25, 0.3) is 5.56 Å². The lowest BCUT2D eigenvalue weighted by molar-refractivity contribution is -0.119. The Morgan fingerprint density at radius 3 is 2.90 bits per heavy atom. The van der Waals surface area contributed by atoms with Crippen LogP contribution >= 0.6 is 0 Å². The molecule has 5 nitrogen and oxygen atoms in total. The Bertz CT molecular complexity index is 561. The highest BCUT2D eigenvalue weighted by Crippen LogP contribution is 2.28. The molecule has 2 aliphatic rings. The second-order valence-corrected chi connectivity index (χ2v) is 6.23. The number of carbonyl (C=O) groups excluding carboxylic acids is 1. The lowest BCUT2D eigenvalue weighted by Crippen LogP contribution is -2.38. The van der Waals surface area contributed by atoms with Crippen LogP contribution in [0.2, 0.25) is 0 Å². The minimum Gasteiger partial charge on any atom is -0.313 e. The summed E-state index contributed by atoms with van der Waals surface area (Å²) in [5, 5.41) is 0. The van der Waals surface area contributed by atoms with Crippen LogP contribution in [0.3, 0.4) is 0 Å². The monoisotopic (exact) mass is 289 g/mol. The molecule has 21 heavy (non-hydrogen) atoms. The summed E-state index contributed by atoms with van der Waals surface area (Å²) in [6.45, 7) is 0.687. The van der Waals surface area contributed by atoms with Crippen molar-refractivity contribution < 1.29 is 4.79 Å². The molecule has 114 valence electrons. The van der Waals surface area contributed by atoms with Crippen molar-refractivity contribution in [2.45, 2.75) is 57.8 Å². The molecule has 0 radical (unpaired) electrons. The van der Waals surface area contributed by atoms with Crippen molar-refractivity contribution in [1.82, 2.24) is 9.97 Å². The van der Waals surface area contributed by atoms with E-state index in [1.807, 2.05) is 0 Å². The van der Waals surface area contributed by atoms with Gasteiger partial charge in [0.05, 0.1) is 11.9 Å². The Kier molecular flexibility index (Phi) is 4.36. The standard InChI is InChI=1S/C16H23N3O2/c20-14(9-8-12-5-2-1-3-6-12)19-10-4-7-13-15(19)17-11-18-16(13)21/h11-12H,1-10H2,(H,17,18,21). The Morgan fingerprint density at radius 1 is 1.29 bits per heavy atom. The molecule has 1 N–H and O–H groups in total. The van der Waals surface area contributed by atoms with Gasteiger partial charge in [0.1, 0.15) is 5.82 Å². The highest BCUT2D eigenvalue weighted by molar-refractivity contribution is 5.93. The second kappa shape index (κ2) is 6.41. The minimum absolute atomic E-state index is 0.107. The summed E-state index contributed by atoms with van der Waals surface area (Å²) in [6.07, 6.45) is 11.0. The van der Waals surface area contributed by atoms with Crippen LogP contribution in [0.25, 0.3) is 0 Å². The van der Waals surface area contributed by atoms with E-state index in [0.717, 1.165) is 12.8 Å². The Labute approximate surface area is 124 Å². The van der Waals surface area contributed by atoms with Crippen LogP contribution in [0.1, 0.15) is 56.9 Å². The van der Waals surface area contributed by atoms with Gasteiger partial charge in [-0.15, -0.1) is 0 Å². The van der Waals surface area contributed by atoms with E-state index < -0.39 is 0 Å². The number of aromatic amines is 1. The summed E-state index contributed by atoms with van der Waals surface area (Å²) < 4.78 is 0. The molecule has 1 aromatic rings. The molecule has 0 spiro atoms. The molecule has 0 atom stereocenters. The lowest BCUT2D eigenvalue weighted by Gasteiger charge is -2.28. The third-order valence-electron chi connectivity index (χ3n) is 4.78. The van der Waals surface area contributed by atoms with Gasteiger partial charge >= 0.3 is 0 Å². The quantitative estimate of drug-likeness (QED) is 0.929. The van der Waals surface area contributed by atoms with Gasteiger partial charge in [-0.05, 0) is 25.2 Å². The number of aromatic nitrogens is 2. The van der Waals surface area contributed by atoms with Crippen LogP contribution < -0.4 is 10.5 Å². The van der Waals surface area contributed by atoms with Gasteiger partial charge in [-0.2, -0.15) is 0 Å². The molecule has 1 aromatic heterocycles. The van der Waals surface area contributed by atoms with Crippen LogP contribution in [0.4, 0.5) is 5.82 Å². The molecule has 3 rings (SSSR count). The van der Waals surface area contributed by atoms with Gasteiger partial charge in [0, 0.05) is 13.0 Å². The van der Waals surface area contributed by atoms with Crippen LogP contribution in [-0.2, 0) is 11.2 Å². The molecule has 5 heteroatoms. The van der Waals surface area contributed by atoms with E-state index >= 15 is 0 Å². The van der Waals surface area contributed by atoms with Crippen molar-refractivity contribution in [1.29, 1.82) is 0 Å². The molecule has 1 aliphatic carbocycles. The SMILES string of the molecule is O=C(CCC1CCCCC1)N1CCCc2c1nc[nH]c2=O. The lowest BCUT2D eigenvalue weighted by atomic mass is 9.86. The second-order valence-electron chi connectivity index (χ2n) is 6.23. The van der Waals surface area contributed by atoms with Crippen molar-refractivity contribution in [2.75, 3.05) is 11.4 Å². The van der Waals surface area contributed by atoms with Crippen LogP contribution in [0.5, 0.6) is 0 Å². The Hall–Kier alpha value is -1.65. The summed E-state index contributed by atoms with van der Waals surface area (Å²) in [6, 6.07) is 0. The molecule has 0 unspecified atom stereocenters. The number of nitrogens with zero attached hydrogens (tertiary/aromatic N) is 2. The average Bonchev–Trinajstić information content (AvgIpc) is 2.53. The number of rotatable bonds is 3. The molecular weight excluding hydrogens is 266 g/mol. The largest absolute Gasteiger partial charge is 0.313 e. The molecule has 1 amide bonds. The molecule has 0 aromatic carbocycles. The van der Waals surface area contributed by atoms with Crippen molar-refractivity contribution >= 4 is 11.7 Å². The van der Waals surface area contributed by atoms with Crippen molar-refractivity contribution in [3.63, 3.8) is 0 Å². The summed E-state index contributed by atoms with van der Waals surface area (Å²) in [5.41, 5.74) is 0.555. The molecular formula is C16H23N3O2. The van der Waals surface area contributed by atoms with Gasteiger partial charge in [0.2, 0.25) is 5.91 Å².